The van der Waals surface area contributed by atoms with Crippen molar-refractivity contribution in [2.24, 2.45) is 0 Å². The number of rotatable bonds is 3. The third-order valence-corrected chi connectivity index (χ3v) is 2.82. The molecule has 1 amide bonds. The third kappa shape index (κ3) is 2.79. The molecule has 1 aliphatic rings. The van der Waals surface area contributed by atoms with Gasteiger partial charge in [-0.2, -0.15) is 0 Å². The maximum absolute atomic E-state index is 12.0. The highest BCUT2D eigenvalue weighted by molar-refractivity contribution is 5.94. The van der Waals surface area contributed by atoms with Crippen molar-refractivity contribution >= 4 is 5.91 Å². The SMILES string of the molecule is C#CCOc1ccc(C(=O)N2CCCC2)cc1. The number of benzene rings is 1. The van der Waals surface area contributed by atoms with Crippen LogP contribution in [0.25, 0.3) is 0 Å². The van der Waals surface area contributed by atoms with E-state index in [1.807, 2.05) is 4.90 Å². The molecule has 3 nitrogen and oxygen atoms in total. The Morgan fingerprint density at radius 2 is 1.94 bits per heavy atom. The van der Waals surface area contributed by atoms with Crippen LogP contribution in [0.5, 0.6) is 5.75 Å². The Morgan fingerprint density at radius 3 is 2.53 bits per heavy atom. The molecule has 1 aromatic rings. The molecule has 0 radical (unpaired) electrons. The first-order valence-corrected chi connectivity index (χ1v) is 5.77. The minimum absolute atomic E-state index is 0.103. The van der Waals surface area contributed by atoms with E-state index in [0.717, 1.165) is 25.9 Å². The summed E-state index contributed by atoms with van der Waals surface area (Å²) in [5.74, 6) is 3.20. The molecular formula is C14H15NO2. The average molecular weight is 229 g/mol. The minimum atomic E-state index is 0.103. The van der Waals surface area contributed by atoms with Crippen LogP contribution in [-0.4, -0.2) is 30.5 Å². The number of hydrogen-bond acceptors (Lipinski definition) is 2. The summed E-state index contributed by atoms with van der Waals surface area (Å²) >= 11 is 0. The summed E-state index contributed by atoms with van der Waals surface area (Å²) in [6.07, 6.45) is 7.31. The van der Waals surface area contributed by atoms with Crippen LogP contribution in [0.2, 0.25) is 0 Å². The predicted molar refractivity (Wildman–Crippen MR) is 65.9 cm³/mol. The monoisotopic (exact) mass is 229 g/mol. The lowest BCUT2D eigenvalue weighted by Gasteiger charge is -2.15. The van der Waals surface area contributed by atoms with E-state index < -0.39 is 0 Å². The van der Waals surface area contributed by atoms with Gasteiger partial charge in [0.1, 0.15) is 12.4 Å². The lowest BCUT2D eigenvalue weighted by molar-refractivity contribution is 0.0793. The molecule has 0 bridgehead atoms. The number of ether oxygens (including phenoxy) is 1. The van der Waals surface area contributed by atoms with Gasteiger partial charge >= 0.3 is 0 Å². The highest BCUT2D eigenvalue weighted by Gasteiger charge is 2.19. The lowest BCUT2D eigenvalue weighted by Crippen LogP contribution is -2.27. The molecule has 0 spiro atoms. The molecule has 2 rings (SSSR count). The second-order valence-electron chi connectivity index (χ2n) is 4.02. The highest BCUT2D eigenvalue weighted by atomic mass is 16.5. The molecule has 1 aliphatic heterocycles. The second-order valence-corrected chi connectivity index (χ2v) is 4.02. The zero-order chi connectivity index (χ0) is 12.1. The van der Waals surface area contributed by atoms with Gasteiger partial charge in [-0.05, 0) is 37.1 Å². The van der Waals surface area contributed by atoms with Crippen LogP contribution in [0.15, 0.2) is 24.3 Å². The maximum Gasteiger partial charge on any atom is 0.253 e. The highest BCUT2D eigenvalue weighted by Crippen LogP contribution is 2.16. The summed E-state index contributed by atoms with van der Waals surface area (Å²) in [4.78, 5) is 13.9. The van der Waals surface area contributed by atoms with Crippen LogP contribution >= 0.6 is 0 Å². The van der Waals surface area contributed by atoms with Crippen LogP contribution in [-0.2, 0) is 0 Å². The molecular weight excluding hydrogens is 214 g/mol. The van der Waals surface area contributed by atoms with Crippen molar-refractivity contribution in [1.82, 2.24) is 4.90 Å². The molecule has 0 atom stereocenters. The van der Waals surface area contributed by atoms with Gasteiger partial charge < -0.3 is 9.64 Å². The zero-order valence-electron chi connectivity index (χ0n) is 9.69. The van der Waals surface area contributed by atoms with Crippen LogP contribution in [0, 0.1) is 12.3 Å². The lowest BCUT2D eigenvalue weighted by atomic mass is 10.2. The van der Waals surface area contributed by atoms with Gasteiger partial charge in [-0.1, -0.05) is 5.92 Å². The smallest absolute Gasteiger partial charge is 0.253 e. The molecule has 1 saturated heterocycles. The second kappa shape index (κ2) is 5.40. The summed E-state index contributed by atoms with van der Waals surface area (Å²) < 4.78 is 5.25. The molecule has 3 heteroatoms. The van der Waals surface area contributed by atoms with E-state index in [1.165, 1.54) is 0 Å². The first-order valence-electron chi connectivity index (χ1n) is 5.77. The van der Waals surface area contributed by atoms with Gasteiger partial charge in [-0.25, -0.2) is 0 Å². The molecule has 0 aromatic heterocycles. The number of terminal acetylenes is 1. The Balaban J connectivity index is 2.02. The van der Waals surface area contributed by atoms with Crippen molar-refractivity contribution in [3.05, 3.63) is 29.8 Å². The number of hydrogen-bond donors (Lipinski definition) is 0. The van der Waals surface area contributed by atoms with E-state index in [1.54, 1.807) is 24.3 Å². The Hall–Kier alpha value is -1.95. The van der Waals surface area contributed by atoms with Gasteiger partial charge in [0.15, 0.2) is 0 Å². The van der Waals surface area contributed by atoms with Gasteiger partial charge in [0, 0.05) is 18.7 Å². The fourth-order valence-corrected chi connectivity index (χ4v) is 1.92. The number of nitrogens with zero attached hydrogens (tertiary/aromatic N) is 1. The summed E-state index contributed by atoms with van der Waals surface area (Å²) in [6, 6.07) is 7.13. The Bertz CT molecular complexity index is 425. The standard InChI is InChI=1S/C14H15NO2/c1-2-11-17-13-7-5-12(6-8-13)14(16)15-9-3-4-10-15/h1,5-8H,3-4,9-11H2. The van der Waals surface area contributed by atoms with Crippen LogP contribution in [0.1, 0.15) is 23.2 Å². The normalized spacial score (nSPS) is 14.4. The number of carbonyl (C=O) groups excluding carboxylic acids is 1. The largest absolute Gasteiger partial charge is 0.481 e. The molecule has 0 aliphatic carbocycles. The van der Waals surface area contributed by atoms with Crippen LogP contribution < -0.4 is 4.74 Å². The number of carbonyl (C=O) groups is 1. The topological polar surface area (TPSA) is 29.5 Å². The quantitative estimate of drug-likeness (QED) is 0.741. The molecule has 1 heterocycles. The molecule has 0 saturated carbocycles. The van der Waals surface area contributed by atoms with Crippen molar-refractivity contribution in [3.8, 4) is 18.1 Å². The Labute approximate surface area is 101 Å². The number of amides is 1. The summed E-state index contributed by atoms with van der Waals surface area (Å²) in [7, 11) is 0. The third-order valence-electron chi connectivity index (χ3n) is 2.82. The molecule has 1 fully saturated rings. The van der Waals surface area contributed by atoms with Gasteiger partial charge in [0.25, 0.3) is 5.91 Å². The van der Waals surface area contributed by atoms with Crippen molar-refractivity contribution in [2.75, 3.05) is 19.7 Å². The van der Waals surface area contributed by atoms with Gasteiger partial charge in [0.05, 0.1) is 0 Å². The Morgan fingerprint density at radius 1 is 1.29 bits per heavy atom. The van der Waals surface area contributed by atoms with Crippen molar-refractivity contribution < 1.29 is 9.53 Å². The van der Waals surface area contributed by atoms with E-state index in [4.69, 9.17) is 11.2 Å². The van der Waals surface area contributed by atoms with E-state index in [9.17, 15) is 4.79 Å². The van der Waals surface area contributed by atoms with E-state index in [2.05, 4.69) is 5.92 Å². The first-order chi connectivity index (χ1) is 8.31. The zero-order valence-corrected chi connectivity index (χ0v) is 9.69. The molecule has 88 valence electrons. The summed E-state index contributed by atoms with van der Waals surface area (Å²) in [6.45, 7) is 1.99. The van der Waals surface area contributed by atoms with Crippen LogP contribution in [0.4, 0.5) is 0 Å². The van der Waals surface area contributed by atoms with Crippen molar-refractivity contribution in [2.45, 2.75) is 12.8 Å². The van der Waals surface area contributed by atoms with E-state index in [-0.39, 0.29) is 12.5 Å². The van der Waals surface area contributed by atoms with E-state index in [0.29, 0.717) is 11.3 Å². The van der Waals surface area contributed by atoms with Gasteiger partial charge in [-0.3, -0.25) is 4.79 Å². The van der Waals surface area contributed by atoms with Crippen molar-refractivity contribution in [1.29, 1.82) is 0 Å². The van der Waals surface area contributed by atoms with Crippen molar-refractivity contribution in [3.63, 3.8) is 0 Å². The molecule has 0 unspecified atom stereocenters. The maximum atomic E-state index is 12.0. The average Bonchev–Trinajstić information content (AvgIpc) is 2.90. The molecule has 17 heavy (non-hydrogen) atoms. The van der Waals surface area contributed by atoms with Gasteiger partial charge in [0.2, 0.25) is 0 Å². The molecule has 0 N–H and O–H groups in total. The van der Waals surface area contributed by atoms with Gasteiger partial charge in [-0.15, -0.1) is 6.42 Å². The van der Waals surface area contributed by atoms with E-state index >= 15 is 0 Å². The summed E-state index contributed by atoms with van der Waals surface area (Å²) in [5, 5.41) is 0. The Kier molecular flexibility index (Phi) is 3.66. The van der Waals surface area contributed by atoms with Crippen LogP contribution in [0.3, 0.4) is 0 Å². The summed E-state index contributed by atoms with van der Waals surface area (Å²) in [5.41, 5.74) is 0.708. The first kappa shape index (κ1) is 11.5. The number of likely N-dealkylation sites (tertiary alicyclic amines) is 1. The fourth-order valence-electron chi connectivity index (χ4n) is 1.92. The fraction of sp³-hybridized carbons (Fsp3) is 0.357. The minimum Gasteiger partial charge on any atom is -0.481 e. The molecule has 1 aromatic carbocycles. The predicted octanol–water partition coefficient (Wildman–Crippen LogP) is 1.93.